The number of nitrogens with one attached hydrogen (secondary N) is 1. The molecule has 5 nitrogen and oxygen atoms in total. The average Bonchev–Trinajstić information content (AvgIpc) is 2.54. The fraction of sp³-hybridized carbons (Fsp3) is 0.562. The number of rotatable bonds is 6. The minimum atomic E-state index is -3.64. The summed E-state index contributed by atoms with van der Waals surface area (Å²) in [7, 11) is -2.21. The van der Waals surface area contributed by atoms with Crippen molar-refractivity contribution in [2.45, 2.75) is 37.0 Å². The van der Waals surface area contributed by atoms with E-state index in [9.17, 15) is 13.2 Å². The number of sulfonamides is 1. The van der Waals surface area contributed by atoms with Crippen molar-refractivity contribution in [3.8, 4) is 0 Å². The summed E-state index contributed by atoms with van der Waals surface area (Å²) in [4.78, 5) is 12.2. The Kier molecular flexibility index (Phi) is 6.61. The zero-order valence-electron chi connectivity index (χ0n) is 13.3. The Morgan fingerprint density at radius 1 is 1.22 bits per heavy atom. The fourth-order valence-corrected chi connectivity index (χ4v) is 4.17. The van der Waals surface area contributed by atoms with Gasteiger partial charge in [-0.3, -0.25) is 4.79 Å². The van der Waals surface area contributed by atoms with Crippen molar-refractivity contribution < 1.29 is 13.2 Å². The SMILES string of the molecule is CN(CC(=O)NCC1CCCCC1)S(=O)(=O)c1ccc(Br)cc1. The summed E-state index contributed by atoms with van der Waals surface area (Å²) in [6.07, 6.45) is 6.01. The number of carbonyl (C=O) groups is 1. The van der Waals surface area contributed by atoms with E-state index in [0.717, 1.165) is 21.6 Å². The molecule has 1 N–H and O–H groups in total. The Bertz CT molecular complexity index is 625. The summed E-state index contributed by atoms with van der Waals surface area (Å²) >= 11 is 3.28. The Morgan fingerprint density at radius 2 is 1.83 bits per heavy atom. The molecule has 0 heterocycles. The molecule has 0 radical (unpaired) electrons. The average molecular weight is 403 g/mol. The van der Waals surface area contributed by atoms with Crippen LogP contribution < -0.4 is 5.32 Å². The van der Waals surface area contributed by atoms with Crippen molar-refractivity contribution in [1.82, 2.24) is 9.62 Å². The third-order valence-electron chi connectivity index (χ3n) is 4.20. The summed E-state index contributed by atoms with van der Waals surface area (Å²) < 4.78 is 26.7. The fourth-order valence-electron chi connectivity index (χ4n) is 2.78. The van der Waals surface area contributed by atoms with E-state index >= 15 is 0 Å². The monoisotopic (exact) mass is 402 g/mol. The van der Waals surface area contributed by atoms with Gasteiger partial charge in [-0.25, -0.2) is 8.42 Å². The van der Waals surface area contributed by atoms with Crippen LogP contribution in [-0.2, 0) is 14.8 Å². The van der Waals surface area contributed by atoms with Gasteiger partial charge < -0.3 is 5.32 Å². The van der Waals surface area contributed by atoms with Crippen LogP contribution in [0.15, 0.2) is 33.6 Å². The molecule has 7 heteroatoms. The largest absolute Gasteiger partial charge is 0.355 e. The molecule has 23 heavy (non-hydrogen) atoms. The highest BCUT2D eigenvalue weighted by Gasteiger charge is 2.23. The van der Waals surface area contributed by atoms with E-state index in [1.165, 1.54) is 38.4 Å². The molecule has 0 aliphatic heterocycles. The second-order valence-electron chi connectivity index (χ2n) is 6.02. The van der Waals surface area contributed by atoms with E-state index in [1.54, 1.807) is 12.1 Å². The molecule has 128 valence electrons. The molecule has 1 aliphatic carbocycles. The van der Waals surface area contributed by atoms with Crippen LogP contribution in [0.5, 0.6) is 0 Å². The molecular weight excluding hydrogens is 380 g/mol. The molecule has 0 bridgehead atoms. The van der Waals surface area contributed by atoms with Gasteiger partial charge in [-0.1, -0.05) is 35.2 Å². The molecule has 1 aromatic rings. The highest BCUT2D eigenvalue weighted by atomic mass is 79.9. The van der Waals surface area contributed by atoms with Gasteiger partial charge in [0.1, 0.15) is 0 Å². The smallest absolute Gasteiger partial charge is 0.243 e. The van der Waals surface area contributed by atoms with Gasteiger partial charge >= 0.3 is 0 Å². The van der Waals surface area contributed by atoms with Crippen LogP contribution in [0, 0.1) is 5.92 Å². The van der Waals surface area contributed by atoms with Gasteiger partial charge in [-0.2, -0.15) is 4.31 Å². The minimum Gasteiger partial charge on any atom is -0.355 e. The number of likely N-dealkylation sites (N-methyl/N-ethyl adjacent to an activating group) is 1. The Balaban J connectivity index is 1.88. The molecule has 2 rings (SSSR count). The number of hydrogen-bond donors (Lipinski definition) is 1. The quantitative estimate of drug-likeness (QED) is 0.795. The molecule has 1 saturated carbocycles. The number of benzene rings is 1. The first-order chi connectivity index (χ1) is 10.9. The van der Waals surface area contributed by atoms with Crippen LogP contribution in [-0.4, -0.2) is 38.8 Å². The molecule has 1 aromatic carbocycles. The Morgan fingerprint density at radius 3 is 2.43 bits per heavy atom. The molecule has 1 amide bonds. The summed E-state index contributed by atoms with van der Waals surface area (Å²) in [6, 6.07) is 6.39. The summed E-state index contributed by atoms with van der Waals surface area (Å²) in [5.74, 6) is 0.278. The van der Waals surface area contributed by atoms with Crippen LogP contribution >= 0.6 is 15.9 Å². The van der Waals surface area contributed by atoms with Crippen LogP contribution in [0.1, 0.15) is 32.1 Å². The summed E-state index contributed by atoms with van der Waals surface area (Å²) in [6.45, 7) is 0.482. The first-order valence-corrected chi connectivity index (χ1v) is 10.1. The lowest BCUT2D eigenvalue weighted by Gasteiger charge is -2.22. The van der Waals surface area contributed by atoms with Crippen molar-refractivity contribution in [3.05, 3.63) is 28.7 Å². The van der Waals surface area contributed by atoms with Crippen LogP contribution in [0.2, 0.25) is 0 Å². The molecule has 1 fully saturated rings. The first kappa shape index (κ1) is 18.4. The second-order valence-corrected chi connectivity index (χ2v) is 8.98. The van der Waals surface area contributed by atoms with Crippen molar-refractivity contribution in [1.29, 1.82) is 0 Å². The maximum atomic E-state index is 12.4. The maximum Gasteiger partial charge on any atom is 0.243 e. The molecule has 0 spiro atoms. The topological polar surface area (TPSA) is 66.5 Å². The second kappa shape index (κ2) is 8.26. The van der Waals surface area contributed by atoms with Gasteiger partial charge in [-0.05, 0) is 43.0 Å². The van der Waals surface area contributed by atoms with E-state index in [4.69, 9.17) is 0 Å². The van der Waals surface area contributed by atoms with Crippen LogP contribution in [0.25, 0.3) is 0 Å². The highest BCUT2D eigenvalue weighted by molar-refractivity contribution is 9.10. The van der Waals surface area contributed by atoms with Gasteiger partial charge in [0, 0.05) is 18.1 Å². The lowest BCUT2D eigenvalue weighted by molar-refractivity contribution is -0.121. The van der Waals surface area contributed by atoms with Gasteiger partial charge in [0.15, 0.2) is 0 Å². The van der Waals surface area contributed by atoms with Crippen molar-refractivity contribution >= 4 is 31.9 Å². The third kappa shape index (κ3) is 5.29. The van der Waals surface area contributed by atoms with Gasteiger partial charge in [0.25, 0.3) is 0 Å². The summed E-state index contributed by atoms with van der Waals surface area (Å²) in [5, 5.41) is 2.86. The number of halogens is 1. The van der Waals surface area contributed by atoms with Gasteiger partial charge in [0.2, 0.25) is 15.9 Å². The highest BCUT2D eigenvalue weighted by Crippen LogP contribution is 2.22. The molecule has 0 unspecified atom stereocenters. The number of nitrogens with zero attached hydrogens (tertiary/aromatic N) is 1. The summed E-state index contributed by atoms with van der Waals surface area (Å²) in [5.41, 5.74) is 0. The van der Waals surface area contributed by atoms with E-state index in [2.05, 4.69) is 21.2 Å². The molecule has 0 saturated heterocycles. The lowest BCUT2D eigenvalue weighted by atomic mass is 9.89. The number of carbonyl (C=O) groups excluding carboxylic acids is 1. The first-order valence-electron chi connectivity index (χ1n) is 7.88. The molecule has 1 aliphatic rings. The number of hydrogen-bond acceptors (Lipinski definition) is 3. The van der Waals surface area contributed by atoms with E-state index < -0.39 is 10.0 Å². The van der Waals surface area contributed by atoms with E-state index in [1.807, 2.05) is 0 Å². The minimum absolute atomic E-state index is 0.162. The van der Waals surface area contributed by atoms with Gasteiger partial charge in [-0.15, -0.1) is 0 Å². The van der Waals surface area contributed by atoms with Crippen LogP contribution in [0.4, 0.5) is 0 Å². The molecule has 0 aromatic heterocycles. The van der Waals surface area contributed by atoms with Crippen molar-refractivity contribution in [2.24, 2.45) is 5.92 Å². The zero-order chi connectivity index (χ0) is 16.9. The number of amides is 1. The van der Waals surface area contributed by atoms with E-state index in [0.29, 0.717) is 12.5 Å². The predicted octanol–water partition coefficient (Wildman–Crippen LogP) is 2.77. The molecular formula is C16H23BrN2O3S. The van der Waals surface area contributed by atoms with Gasteiger partial charge in [0.05, 0.1) is 11.4 Å². The van der Waals surface area contributed by atoms with Crippen molar-refractivity contribution in [2.75, 3.05) is 20.1 Å². The molecule has 0 atom stereocenters. The van der Waals surface area contributed by atoms with E-state index in [-0.39, 0.29) is 17.3 Å². The normalized spacial score (nSPS) is 16.5. The standard InChI is InChI=1S/C16H23BrN2O3S/c1-19(23(21,22)15-9-7-14(17)8-10-15)12-16(20)18-11-13-5-3-2-4-6-13/h7-10,13H,2-6,11-12H2,1H3,(H,18,20). The van der Waals surface area contributed by atoms with Crippen molar-refractivity contribution in [3.63, 3.8) is 0 Å². The zero-order valence-corrected chi connectivity index (χ0v) is 15.7. The third-order valence-corrected chi connectivity index (χ3v) is 6.55. The Labute approximate surface area is 146 Å². The van der Waals surface area contributed by atoms with Crippen LogP contribution in [0.3, 0.4) is 0 Å². The predicted molar refractivity (Wildman–Crippen MR) is 93.5 cm³/mol. The Hall–Kier alpha value is -0.920. The maximum absolute atomic E-state index is 12.4. The lowest BCUT2D eigenvalue weighted by Crippen LogP contribution is -2.40.